The van der Waals surface area contributed by atoms with E-state index in [9.17, 15) is 0 Å². The minimum absolute atomic E-state index is 0.0648. The molecule has 2 N–H and O–H groups in total. The minimum Gasteiger partial charge on any atom is -0.367 e. The third kappa shape index (κ3) is 2.33. The van der Waals surface area contributed by atoms with Crippen molar-refractivity contribution in [2.75, 3.05) is 11.4 Å². The van der Waals surface area contributed by atoms with Crippen molar-refractivity contribution in [2.24, 2.45) is 5.73 Å². The molecule has 0 aliphatic carbocycles. The first-order chi connectivity index (χ1) is 9.28. The number of nitrogens with two attached hydrogens (primary N) is 1. The van der Waals surface area contributed by atoms with E-state index in [1.807, 2.05) is 0 Å². The standard InChI is InChI=1S/C17H26N2O/c1-16(2)10-15(17(3,4)20-16)19-11-13(18)9-12-7-5-6-8-14(12)19/h5-8,13,15H,9-11,18H2,1-4H3. The van der Waals surface area contributed by atoms with Crippen molar-refractivity contribution in [3.63, 3.8) is 0 Å². The first kappa shape index (κ1) is 13.9. The van der Waals surface area contributed by atoms with Crippen LogP contribution in [-0.2, 0) is 11.2 Å². The summed E-state index contributed by atoms with van der Waals surface area (Å²) in [4.78, 5) is 2.48. The van der Waals surface area contributed by atoms with Crippen molar-refractivity contribution >= 4 is 5.69 Å². The summed E-state index contributed by atoms with van der Waals surface area (Å²) in [6.45, 7) is 9.70. The third-order valence-corrected chi connectivity index (χ3v) is 4.62. The Balaban J connectivity index is 1.98. The molecule has 3 heteroatoms. The number of hydrogen-bond donors (Lipinski definition) is 1. The first-order valence-electron chi connectivity index (χ1n) is 7.59. The third-order valence-electron chi connectivity index (χ3n) is 4.62. The Bertz CT molecular complexity index is 509. The fourth-order valence-corrected chi connectivity index (χ4v) is 3.98. The van der Waals surface area contributed by atoms with Gasteiger partial charge >= 0.3 is 0 Å². The van der Waals surface area contributed by atoms with Gasteiger partial charge in [0.25, 0.3) is 0 Å². The van der Waals surface area contributed by atoms with Crippen LogP contribution in [-0.4, -0.2) is 29.8 Å². The van der Waals surface area contributed by atoms with Crippen LogP contribution in [0.25, 0.3) is 0 Å². The fraction of sp³-hybridized carbons (Fsp3) is 0.647. The van der Waals surface area contributed by atoms with E-state index in [2.05, 4.69) is 56.9 Å². The smallest absolute Gasteiger partial charge is 0.0837 e. The van der Waals surface area contributed by atoms with Crippen LogP contribution in [0.3, 0.4) is 0 Å². The Labute approximate surface area is 122 Å². The summed E-state index contributed by atoms with van der Waals surface area (Å²) in [6.07, 6.45) is 2.02. The summed E-state index contributed by atoms with van der Waals surface area (Å²) in [7, 11) is 0. The maximum absolute atomic E-state index is 6.28. The van der Waals surface area contributed by atoms with Gasteiger partial charge in [-0.25, -0.2) is 0 Å². The van der Waals surface area contributed by atoms with Gasteiger partial charge in [0.2, 0.25) is 0 Å². The van der Waals surface area contributed by atoms with Gasteiger partial charge in [-0.15, -0.1) is 0 Å². The summed E-state index contributed by atoms with van der Waals surface area (Å²) < 4.78 is 6.27. The Kier molecular flexibility index (Phi) is 3.11. The van der Waals surface area contributed by atoms with E-state index in [0.717, 1.165) is 19.4 Å². The number of nitrogens with zero attached hydrogens (tertiary/aromatic N) is 1. The Morgan fingerprint density at radius 1 is 1.20 bits per heavy atom. The molecule has 2 aliphatic rings. The summed E-state index contributed by atoms with van der Waals surface area (Å²) in [5.74, 6) is 0. The summed E-state index contributed by atoms with van der Waals surface area (Å²) in [5.41, 5.74) is 8.78. The molecular formula is C17H26N2O. The normalized spacial score (nSPS) is 31.1. The molecule has 3 rings (SSSR count). The van der Waals surface area contributed by atoms with E-state index in [1.165, 1.54) is 11.3 Å². The molecule has 0 radical (unpaired) electrons. The number of para-hydroxylation sites is 1. The predicted octanol–water partition coefficient (Wildman–Crippen LogP) is 2.72. The molecule has 0 saturated carbocycles. The van der Waals surface area contributed by atoms with Crippen molar-refractivity contribution in [3.8, 4) is 0 Å². The van der Waals surface area contributed by atoms with E-state index in [-0.39, 0.29) is 17.2 Å². The Morgan fingerprint density at radius 3 is 2.55 bits per heavy atom. The molecule has 0 bridgehead atoms. The van der Waals surface area contributed by atoms with Gasteiger partial charge in [-0.1, -0.05) is 18.2 Å². The highest BCUT2D eigenvalue weighted by Gasteiger charge is 2.49. The van der Waals surface area contributed by atoms with Crippen LogP contribution in [0, 0.1) is 0 Å². The molecule has 1 aromatic rings. The number of fused-ring (bicyclic) bond motifs is 1. The van der Waals surface area contributed by atoms with Gasteiger partial charge < -0.3 is 15.4 Å². The number of benzene rings is 1. The van der Waals surface area contributed by atoms with Gasteiger partial charge in [0.15, 0.2) is 0 Å². The first-order valence-corrected chi connectivity index (χ1v) is 7.59. The lowest BCUT2D eigenvalue weighted by Gasteiger charge is -2.43. The van der Waals surface area contributed by atoms with E-state index >= 15 is 0 Å². The SMILES string of the molecule is CC1(C)CC(N2CC(N)Cc3ccccc32)C(C)(C)O1. The van der Waals surface area contributed by atoms with Gasteiger partial charge in [0.05, 0.1) is 17.2 Å². The van der Waals surface area contributed by atoms with E-state index in [1.54, 1.807) is 0 Å². The highest BCUT2D eigenvalue weighted by molar-refractivity contribution is 5.57. The molecule has 0 spiro atoms. The maximum Gasteiger partial charge on any atom is 0.0837 e. The lowest BCUT2D eigenvalue weighted by molar-refractivity contribution is -0.0680. The highest BCUT2D eigenvalue weighted by Crippen LogP contribution is 2.43. The average molecular weight is 274 g/mol. The molecule has 110 valence electrons. The van der Waals surface area contributed by atoms with E-state index in [0.29, 0.717) is 6.04 Å². The van der Waals surface area contributed by atoms with Crippen molar-refractivity contribution in [1.29, 1.82) is 0 Å². The quantitative estimate of drug-likeness (QED) is 0.856. The molecular weight excluding hydrogens is 248 g/mol. The van der Waals surface area contributed by atoms with Gasteiger partial charge in [-0.2, -0.15) is 0 Å². The zero-order valence-electron chi connectivity index (χ0n) is 13.0. The summed E-state index contributed by atoms with van der Waals surface area (Å²) in [6, 6.07) is 9.25. The predicted molar refractivity (Wildman–Crippen MR) is 83.1 cm³/mol. The minimum atomic E-state index is -0.145. The number of rotatable bonds is 1. The van der Waals surface area contributed by atoms with E-state index < -0.39 is 0 Å². The second-order valence-corrected chi connectivity index (χ2v) is 7.43. The lowest BCUT2D eigenvalue weighted by Crippen LogP contribution is -2.53. The molecule has 2 heterocycles. The van der Waals surface area contributed by atoms with Crippen LogP contribution in [0.5, 0.6) is 0 Å². The molecule has 2 atom stereocenters. The van der Waals surface area contributed by atoms with Crippen LogP contribution in [0.2, 0.25) is 0 Å². The molecule has 2 unspecified atom stereocenters. The fourth-order valence-electron chi connectivity index (χ4n) is 3.98. The van der Waals surface area contributed by atoms with Gasteiger partial charge in [0.1, 0.15) is 0 Å². The van der Waals surface area contributed by atoms with Crippen LogP contribution >= 0.6 is 0 Å². The van der Waals surface area contributed by atoms with Crippen molar-refractivity contribution in [1.82, 2.24) is 0 Å². The van der Waals surface area contributed by atoms with Gasteiger partial charge in [-0.3, -0.25) is 0 Å². The molecule has 0 amide bonds. The number of ether oxygens (including phenoxy) is 1. The lowest BCUT2D eigenvalue weighted by atomic mass is 9.89. The van der Waals surface area contributed by atoms with Crippen molar-refractivity contribution < 1.29 is 4.74 Å². The second kappa shape index (κ2) is 4.47. The van der Waals surface area contributed by atoms with Crippen molar-refractivity contribution in [3.05, 3.63) is 29.8 Å². The largest absolute Gasteiger partial charge is 0.367 e. The molecule has 2 aliphatic heterocycles. The number of anilines is 1. The molecule has 0 aromatic heterocycles. The van der Waals surface area contributed by atoms with Gasteiger partial charge in [0, 0.05) is 18.3 Å². The maximum atomic E-state index is 6.28. The summed E-state index contributed by atoms with van der Waals surface area (Å²) in [5, 5.41) is 0. The Hall–Kier alpha value is -1.06. The molecule has 20 heavy (non-hydrogen) atoms. The van der Waals surface area contributed by atoms with Crippen LogP contribution in [0.4, 0.5) is 5.69 Å². The van der Waals surface area contributed by atoms with Crippen LogP contribution in [0.1, 0.15) is 39.7 Å². The topological polar surface area (TPSA) is 38.5 Å². The average Bonchev–Trinajstić information content (AvgIpc) is 2.56. The molecule has 1 saturated heterocycles. The molecule has 1 aromatic carbocycles. The highest BCUT2D eigenvalue weighted by atomic mass is 16.5. The van der Waals surface area contributed by atoms with E-state index in [4.69, 9.17) is 10.5 Å². The van der Waals surface area contributed by atoms with Crippen LogP contribution in [0.15, 0.2) is 24.3 Å². The zero-order valence-corrected chi connectivity index (χ0v) is 13.0. The Morgan fingerprint density at radius 2 is 1.90 bits per heavy atom. The monoisotopic (exact) mass is 274 g/mol. The van der Waals surface area contributed by atoms with Gasteiger partial charge in [-0.05, 0) is 52.2 Å². The number of hydrogen-bond acceptors (Lipinski definition) is 3. The summed E-state index contributed by atoms with van der Waals surface area (Å²) >= 11 is 0. The molecule has 1 fully saturated rings. The molecule has 3 nitrogen and oxygen atoms in total. The van der Waals surface area contributed by atoms with Crippen LogP contribution < -0.4 is 10.6 Å². The zero-order chi connectivity index (χ0) is 14.5. The van der Waals surface area contributed by atoms with Crippen molar-refractivity contribution in [2.45, 2.75) is 63.8 Å². The second-order valence-electron chi connectivity index (χ2n) is 7.43.